The minimum absolute atomic E-state index is 0.0307. The Morgan fingerprint density at radius 1 is 1.53 bits per heavy atom. The maximum atomic E-state index is 11.1. The molecule has 0 aromatic carbocycles. The van der Waals surface area contributed by atoms with Gasteiger partial charge < -0.3 is 16.0 Å². The molecule has 4 nitrogen and oxygen atoms in total. The minimum atomic E-state index is -0.364. The molecule has 0 saturated carbocycles. The van der Waals surface area contributed by atoms with Crippen LogP contribution >= 0.6 is 0 Å². The molecule has 3 heterocycles. The molecule has 1 unspecified atom stereocenters. The molecule has 0 aromatic rings. The number of nitrogens with two attached hydrogens (primary N) is 1. The lowest BCUT2D eigenvalue weighted by Crippen LogP contribution is -2.67. The fourth-order valence-electron chi connectivity index (χ4n) is 3.35. The summed E-state index contributed by atoms with van der Waals surface area (Å²) in [5.74, 6) is 0.634. The highest BCUT2D eigenvalue weighted by atomic mass is 16.2. The van der Waals surface area contributed by atoms with Gasteiger partial charge in [0, 0.05) is 6.54 Å². The van der Waals surface area contributed by atoms with Gasteiger partial charge in [-0.1, -0.05) is 13.3 Å². The molecule has 0 aliphatic carbocycles. The van der Waals surface area contributed by atoms with Crippen molar-refractivity contribution < 1.29 is 4.79 Å². The van der Waals surface area contributed by atoms with Crippen molar-refractivity contribution in [1.82, 2.24) is 10.2 Å². The van der Waals surface area contributed by atoms with Gasteiger partial charge in [0.1, 0.15) is 0 Å². The van der Waals surface area contributed by atoms with E-state index in [9.17, 15) is 4.79 Å². The summed E-state index contributed by atoms with van der Waals surface area (Å²) >= 11 is 0. The molecule has 0 aromatic heterocycles. The number of piperidine rings is 3. The third-order valence-electron chi connectivity index (χ3n) is 3.94. The third kappa shape index (κ3) is 1.95. The molecule has 15 heavy (non-hydrogen) atoms. The molecule has 1 atom stereocenters. The van der Waals surface area contributed by atoms with E-state index in [-0.39, 0.29) is 11.6 Å². The second kappa shape index (κ2) is 4.00. The van der Waals surface area contributed by atoms with E-state index in [1.165, 1.54) is 25.9 Å². The maximum Gasteiger partial charge on any atom is 0.312 e. The van der Waals surface area contributed by atoms with E-state index in [2.05, 4.69) is 17.1 Å². The molecular weight excluding hydrogens is 190 g/mol. The van der Waals surface area contributed by atoms with Crippen LogP contribution in [0.1, 0.15) is 32.6 Å². The normalized spacial score (nSPS) is 39.0. The fourth-order valence-corrected chi connectivity index (χ4v) is 3.35. The number of fused-ring (bicyclic) bond motifs is 3. The lowest BCUT2D eigenvalue weighted by Gasteiger charge is -2.53. The van der Waals surface area contributed by atoms with Crippen LogP contribution in [-0.2, 0) is 0 Å². The second-order valence-electron chi connectivity index (χ2n) is 4.95. The zero-order chi connectivity index (χ0) is 10.9. The van der Waals surface area contributed by atoms with Crippen LogP contribution in [0.3, 0.4) is 0 Å². The van der Waals surface area contributed by atoms with Gasteiger partial charge in [-0.3, -0.25) is 0 Å². The number of hydrogen-bond acceptors (Lipinski definition) is 2. The van der Waals surface area contributed by atoms with Crippen molar-refractivity contribution in [3.05, 3.63) is 0 Å². The van der Waals surface area contributed by atoms with Crippen molar-refractivity contribution in [3.8, 4) is 0 Å². The number of carbonyl (C=O) groups excluding carboxylic acids is 1. The van der Waals surface area contributed by atoms with Gasteiger partial charge in [-0.25, -0.2) is 4.79 Å². The Labute approximate surface area is 91.2 Å². The maximum absolute atomic E-state index is 11.1. The first kappa shape index (κ1) is 10.7. The van der Waals surface area contributed by atoms with E-state index in [0.717, 1.165) is 19.4 Å². The Morgan fingerprint density at radius 3 is 2.60 bits per heavy atom. The first-order valence-electron chi connectivity index (χ1n) is 5.96. The van der Waals surface area contributed by atoms with Gasteiger partial charge in [-0.2, -0.15) is 0 Å². The van der Waals surface area contributed by atoms with E-state index < -0.39 is 0 Å². The first-order valence-corrected chi connectivity index (χ1v) is 5.96. The Bertz CT molecular complexity index is 248. The van der Waals surface area contributed by atoms with E-state index in [0.29, 0.717) is 5.92 Å². The Balaban J connectivity index is 2.14. The van der Waals surface area contributed by atoms with Crippen LogP contribution in [0.5, 0.6) is 0 Å². The SMILES string of the molecule is CCCC1(NC(N)=O)CN2CCC1CC2. The monoisotopic (exact) mass is 211 g/mol. The third-order valence-corrected chi connectivity index (χ3v) is 3.94. The average molecular weight is 211 g/mol. The number of nitrogens with one attached hydrogen (secondary N) is 1. The van der Waals surface area contributed by atoms with E-state index in [1.807, 2.05) is 0 Å². The summed E-state index contributed by atoms with van der Waals surface area (Å²) in [5, 5.41) is 3.02. The standard InChI is InChI=1S/C11H21N3O/c1-2-5-11(13-10(12)15)8-14-6-3-9(11)4-7-14/h9H,2-8H2,1H3,(H3,12,13,15). The van der Waals surface area contributed by atoms with Crippen molar-refractivity contribution in [2.45, 2.75) is 38.1 Å². The van der Waals surface area contributed by atoms with Crippen molar-refractivity contribution in [1.29, 1.82) is 0 Å². The van der Waals surface area contributed by atoms with Gasteiger partial charge in [0.15, 0.2) is 0 Å². The fraction of sp³-hybridized carbons (Fsp3) is 0.909. The number of urea groups is 1. The molecule has 86 valence electrons. The number of primary amides is 1. The Hall–Kier alpha value is -0.770. The van der Waals surface area contributed by atoms with Crippen LogP contribution < -0.4 is 11.1 Å². The molecule has 3 aliphatic rings. The smallest absolute Gasteiger partial charge is 0.312 e. The molecule has 3 N–H and O–H groups in total. The number of amides is 2. The molecule has 0 radical (unpaired) electrons. The van der Waals surface area contributed by atoms with Crippen LogP contribution in [0.25, 0.3) is 0 Å². The molecule has 3 rings (SSSR count). The highest BCUT2D eigenvalue weighted by molar-refractivity contribution is 5.72. The van der Waals surface area contributed by atoms with Crippen LogP contribution in [0.4, 0.5) is 4.79 Å². The predicted molar refractivity (Wildman–Crippen MR) is 59.5 cm³/mol. The van der Waals surface area contributed by atoms with Crippen molar-refractivity contribution in [2.24, 2.45) is 11.7 Å². The topological polar surface area (TPSA) is 58.4 Å². The molecule has 2 amide bonds. The van der Waals surface area contributed by atoms with Crippen molar-refractivity contribution in [3.63, 3.8) is 0 Å². The van der Waals surface area contributed by atoms with Gasteiger partial charge >= 0.3 is 6.03 Å². The van der Waals surface area contributed by atoms with E-state index >= 15 is 0 Å². The quantitative estimate of drug-likeness (QED) is 0.729. The molecule has 4 heteroatoms. The Morgan fingerprint density at radius 2 is 2.20 bits per heavy atom. The summed E-state index contributed by atoms with van der Waals surface area (Å²) in [6.07, 6.45) is 4.57. The summed E-state index contributed by atoms with van der Waals surface area (Å²) in [6, 6.07) is -0.364. The number of carbonyl (C=O) groups is 1. The summed E-state index contributed by atoms with van der Waals surface area (Å²) in [7, 11) is 0. The molecule has 3 saturated heterocycles. The average Bonchev–Trinajstić information content (AvgIpc) is 2.18. The van der Waals surface area contributed by atoms with Gasteiger partial charge in [-0.15, -0.1) is 0 Å². The Kier molecular flexibility index (Phi) is 2.87. The van der Waals surface area contributed by atoms with Crippen LogP contribution in [0.2, 0.25) is 0 Å². The lowest BCUT2D eigenvalue weighted by atomic mass is 9.70. The highest BCUT2D eigenvalue weighted by Gasteiger charge is 2.46. The molecular formula is C11H21N3O. The number of rotatable bonds is 3. The molecule has 2 bridgehead atoms. The molecule has 0 spiro atoms. The van der Waals surface area contributed by atoms with Gasteiger partial charge in [-0.05, 0) is 38.3 Å². The predicted octanol–water partition coefficient (Wildman–Crippen LogP) is 0.919. The van der Waals surface area contributed by atoms with Gasteiger partial charge in [0.05, 0.1) is 5.54 Å². The zero-order valence-corrected chi connectivity index (χ0v) is 9.46. The second-order valence-corrected chi connectivity index (χ2v) is 4.95. The summed E-state index contributed by atoms with van der Waals surface area (Å²) in [5.41, 5.74) is 5.27. The highest BCUT2D eigenvalue weighted by Crippen LogP contribution is 2.38. The van der Waals surface area contributed by atoms with Crippen molar-refractivity contribution in [2.75, 3.05) is 19.6 Å². The summed E-state index contributed by atoms with van der Waals surface area (Å²) in [4.78, 5) is 13.6. The van der Waals surface area contributed by atoms with Crippen molar-refractivity contribution >= 4 is 6.03 Å². The van der Waals surface area contributed by atoms with Crippen LogP contribution in [-0.4, -0.2) is 36.1 Å². The molecule has 3 aliphatic heterocycles. The lowest BCUT2D eigenvalue weighted by molar-refractivity contribution is 0.00802. The van der Waals surface area contributed by atoms with E-state index in [1.54, 1.807) is 0 Å². The van der Waals surface area contributed by atoms with Gasteiger partial charge in [0.2, 0.25) is 0 Å². The zero-order valence-electron chi connectivity index (χ0n) is 9.46. The van der Waals surface area contributed by atoms with Gasteiger partial charge in [0.25, 0.3) is 0 Å². The first-order chi connectivity index (χ1) is 7.16. The minimum Gasteiger partial charge on any atom is -0.352 e. The number of nitrogens with zero attached hydrogens (tertiary/aromatic N) is 1. The van der Waals surface area contributed by atoms with Crippen LogP contribution in [0.15, 0.2) is 0 Å². The summed E-state index contributed by atoms with van der Waals surface area (Å²) < 4.78 is 0. The number of hydrogen-bond donors (Lipinski definition) is 2. The molecule has 3 fully saturated rings. The van der Waals surface area contributed by atoms with E-state index in [4.69, 9.17) is 5.73 Å². The largest absolute Gasteiger partial charge is 0.352 e. The summed E-state index contributed by atoms with van der Waals surface area (Å²) in [6.45, 7) is 5.55. The van der Waals surface area contributed by atoms with Crippen LogP contribution in [0, 0.1) is 5.92 Å².